The molecule has 2 bridgehead atoms. The zero-order chi connectivity index (χ0) is 53.3. The molecule has 1 unspecified atom stereocenters. The average molecular weight is 1050 g/mol. The molecule has 6 aliphatic rings. The number of likely N-dealkylation sites (tertiary alicyclic amines) is 2. The molecule has 5 N–H and O–H groups in total. The lowest BCUT2D eigenvalue weighted by molar-refractivity contribution is -0.141. The first-order valence-electron chi connectivity index (χ1n) is 27.9. The number of amides is 2. The third kappa shape index (κ3) is 11.4. The molecule has 5 saturated heterocycles. The summed E-state index contributed by atoms with van der Waals surface area (Å²) in [5.41, 5.74) is 11.3. The van der Waals surface area contributed by atoms with E-state index < -0.39 is 18.1 Å². The van der Waals surface area contributed by atoms with E-state index in [0.717, 1.165) is 125 Å². The standard InChI is InChI=1S/C59H73N11O7/c1-5-38-10-12-40(13-11-38)37(4)62-58(73)51-27-44(71)35-69(51)59(74)56(36(2)3)53-31-54(65-77-53)67-24-17-39(18-25-67)32-66-22-19-45(20-23-66)75-46-28-47(29-46)76-55-26-41(16-21-61-55)70-42-14-15-43(70)34-68(33-42)50-30-49(63-64-57(50)60)48-8-6-7-9-52(48)72/h1,6-13,16,21,26,30-31,36-37,39,42-47,51,56,71-72H,14-15,17-20,22-25,27-29,32-35H2,2-4H3,(H2,60,64)(H,62,73)/t37-,42+,43?,44+,46?,47?,51-,56-/m0/s1. The molecule has 18 heteroatoms. The summed E-state index contributed by atoms with van der Waals surface area (Å²) in [4.78, 5) is 43.8. The van der Waals surface area contributed by atoms with E-state index in [9.17, 15) is 19.8 Å². The van der Waals surface area contributed by atoms with Gasteiger partial charge < -0.3 is 59.8 Å². The molecular weight excluding hydrogens is 975 g/mol. The van der Waals surface area contributed by atoms with E-state index in [1.165, 1.54) is 4.90 Å². The molecule has 2 aromatic carbocycles. The zero-order valence-electron chi connectivity index (χ0n) is 44.5. The minimum atomic E-state index is -0.805. The number of para-hydroxylation sites is 1. The predicted molar refractivity (Wildman–Crippen MR) is 293 cm³/mol. The van der Waals surface area contributed by atoms with Gasteiger partial charge >= 0.3 is 0 Å². The number of terminal acetylenes is 1. The van der Waals surface area contributed by atoms with E-state index >= 15 is 0 Å². The van der Waals surface area contributed by atoms with Crippen molar-refractivity contribution >= 4 is 34.8 Å². The number of pyridine rings is 1. The van der Waals surface area contributed by atoms with Crippen LogP contribution in [-0.4, -0.2) is 147 Å². The molecule has 2 amide bonds. The normalized spacial score (nSPS) is 24.9. The highest BCUT2D eigenvalue weighted by Gasteiger charge is 2.45. The number of nitrogens with zero attached hydrogens (tertiary/aromatic N) is 9. The highest BCUT2D eigenvalue weighted by Crippen LogP contribution is 2.41. The predicted octanol–water partition coefficient (Wildman–Crippen LogP) is 6.54. The van der Waals surface area contributed by atoms with Crippen molar-refractivity contribution in [1.82, 2.24) is 35.5 Å². The van der Waals surface area contributed by atoms with Gasteiger partial charge in [-0.2, -0.15) is 0 Å². The van der Waals surface area contributed by atoms with Gasteiger partial charge in [-0.15, -0.1) is 16.6 Å². The van der Waals surface area contributed by atoms with Crippen LogP contribution in [0.25, 0.3) is 11.3 Å². The Hall–Kier alpha value is -6.94. The molecule has 1 saturated carbocycles. The lowest BCUT2D eigenvalue weighted by Gasteiger charge is -2.43. The molecular formula is C59H73N11O7. The number of aliphatic hydroxyl groups is 1. The van der Waals surface area contributed by atoms with Crippen molar-refractivity contribution in [2.24, 2.45) is 11.8 Å². The van der Waals surface area contributed by atoms with Crippen molar-refractivity contribution in [3.8, 4) is 35.2 Å². The van der Waals surface area contributed by atoms with Crippen LogP contribution in [0.5, 0.6) is 11.6 Å². The fourth-order valence-electron chi connectivity index (χ4n) is 12.8. The van der Waals surface area contributed by atoms with Gasteiger partial charge in [-0.05, 0) is 99.2 Å². The first kappa shape index (κ1) is 52.1. The van der Waals surface area contributed by atoms with E-state index in [4.69, 9.17) is 26.2 Å². The van der Waals surface area contributed by atoms with Crippen LogP contribution in [0.1, 0.15) is 107 Å². The number of aromatic nitrogens is 4. The van der Waals surface area contributed by atoms with Gasteiger partial charge in [0.05, 0.1) is 35.7 Å². The van der Waals surface area contributed by atoms with Crippen molar-refractivity contribution in [3.05, 3.63) is 95.9 Å². The van der Waals surface area contributed by atoms with E-state index in [1.807, 2.05) is 75.5 Å². The number of phenolic OH excluding ortho intramolecular Hbond substituents is 1. The smallest absolute Gasteiger partial charge is 0.243 e. The maximum atomic E-state index is 14.3. The average Bonchev–Trinajstić information content (AvgIpc) is 4.24. The topological polar surface area (TPSA) is 212 Å². The van der Waals surface area contributed by atoms with Crippen LogP contribution in [0.4, 0.5) is 23.0 Å². The molecule has 18 nitrogen and oxygen atoms in total. The summed E-state index contributed by atoms with van der Waals surface area (Å²) in [6, 6.07) is 22.1. The number of phenols is 1. The molecule has 11 rings (SSSR count). The van der Waals surface area contributed by atoms with Crippen LogP contribution in [0.15, 0.2) is 83.5 Å². The minimum absolute atomic E-state index is 0.0785. The second-order valence-corrected chi connectivity index (χ2v) is 22.7. The maximum Gasteiger partial charge on any atom is 0.243 e. The number of ether oxygens (including phenoxy) is 2. The first-order chi connectivity index (χ1) is 37.3. The van der Waals surface area contributed by atoms with Gasteiger partial charge in [-0.1, -0.05) is 49.2 Å². The Labute approximate surface area is 451 Å². The number of carbonyl (C=O) groups is 2. The molecule has 0 spiro atoms. The lowest BCUT2D eigenvalue weighted by atomic mass is 9.91. The summed E-state index contributed by atoms with van der Waals surface area (Å²) in [5, 5.41) is 37.2. The third-order valence-electron chi connectivity index (χ3n) is 17.1. The number of rotatable bonds is 16. The number of hydrogen-bond acceptors (Lipinski definition) is 16. The van der Waals surface area contributed by atoms with Gasteiger partial charge in [0, 0.05) is 119 Å². The number of piperazine rings is 1. The fourth-order valence-corrected chi connectivity index (χ4v) is 12.8. The third-order valence-corrected chi connectivity index (χ3v) is 17.1. The van der Waals surface area contributed by atoms with Crippen molar-refractivity contribution in [3.63, 3.8) is 0 Å². The van der Waals surface area contributed by atoms with Crippen LogP contribution in [-0.2, 0) is 14.3 Å². The van der Waals surface area contributed by atoms with Crippen LogP contribution >= 0.6 is 0 Å². The molecule has 8 heterocycles. The summed E-state index contributed by atoms with van der Waals surface area (Å²) in [7, 11) is 0. The summed E-state index contributed by atoms with van der Waals surface area (Å²) in [6.45, 7) is 12.4. The number of fused-ring (bicyclic) bond motifs is 2. The Kier molecular flexibility index (Phi) is 15.3. The van der Waals surface area contributed by atoms with Crippen molar-refractivity contribution < 1.29 is 33.8 Å². The van der Waals surface area contributed by atoms with Gasteiger partial charge in [0.2, 0.25) is 17.7 Å². The molecule has 0 radical (unpaired) electrons. The Bertz CT molecular complexity index is 2890. The van der Waals surface area contributed by atoms with Gasteiger partial charge in [-0.25, -0.2) is 4.98 Å². The quantitative estimate of drug-likeness (QED) is 0.0773. The summed E-state index contributed by atoms with van der Waals surface area (Å²) < 4.78 is 19.0. The van der Waals surface area contributed by atoms with Crippen molar-refractivity contribution in [1.29, 1.82) is 0 Å². The molecule has 6 atom stereocenters. The Balaban J connectivity index is 0.600. The van der Waals surface area contributed by atoms with Gasteiger partial charge in [0.15, 0.2) is 17.4 Å². The molecule has 406 valence electrons. The van der Waals surface area contributed by atoms with Gasteiger partial charge in [0.1, 0.15) is 23.8 Å². The number of β-amino-alcohol motifs (C(OH)–C–C–N with tert-alkyl or cyclic N) is 1. The molecule has 5 aromatic rings. The molecule has 3 aromatic heterocycles. The first-order valence-corrected chi connectivity index (χ1v) is 27.9. The summed E-state index contributed by atoms with van der Waals surface area (Å²) >= 11 is 0. The molecule has 1 aliphatic carbocycles. The largest absolute Gasteiger partial charge is 0.507 e. The number of nitrogens with two attached hydrogens (primary N) is 1. The van der Waals surface area contributed by atoms with Crippen LogP contribution < -0.4 is 30.5 Å². The van der Waals surface area contributed by atoms with E-state index in [2.05, 4.69) is 63.3 Å². The Morgan fingerprint density at radius 1 is 0.857 bits per heavy atom. The number of piperidine rings is 2. The van der Waals surface area contributed by atoms with Gasteiger partial charge in [-0.3, -0.25) is 9.59 Å². The van der Waals surface area contributed by atoms with E-state index in [1.54, 1.807) is 12.1 Å². The highest BCUT2D eigenvalue weighted by molar-refractivity contribution is 5.91. The van der Waals surface area contributed by atoms with Gasteiger partial charge in [0.25, 0.3) is 0 Å². The summed E-state index contributed by atoms with van der Waals surface area (Å²) in [5.74, 6) is 4.28. The van der Waals surface area contributed by atoms with Crippen molar-refractivity contribution in [2.75, 3.05) is 72.8 Å². The zero-order valence-corrected chi connectivity index (χ0v) is 44.5. The fraction of sp³-hybridized carbons (Fsp3) is 0.525. The second kappa shape index (κ2) is 22.6. The van der Waals surface area contributed by atoms with Crippen LogP contribution in [0, 0.1) is 24.2 Å². The number of anilines is 4. The number of hydrogen-bond donors (Lipinski definition) is 4. The van der Waals surface area contributed by atoms with Crippen molar-refractivity contribution in [2.45, 2.75) is 133 Å². The molecule has 6 fully saturated rings. The number of aliphatic hydroxyl groups excluding tert-OH is 1. The second-order valence-electron chi connectivity index (χ2n) is 22.7. The monoisotopic (exact) mass is 1050 g/mol. The van der Waals surface area contributed by atoms with Crippen LogP contribution in [0.3, 0.4) is 0 Å². The number of nitrogens with one attached hydrogen (secondary N) is 1. The SMILES string of the molecule is C#Cc1ccc([C@H](C)NC(=O)[C@@H]2C[C@@H](O)CN2C(=O)[C@H](c2cc(N3CCC(CN4CCC(OC5CC(Oc6cc(N7C8CC[C@@H]7CN(c7cc(-c9ccccc9O)nnc7N)C8)ccn6)C5)CC4)CC3)no2)C(C)C)cc1. The molecule has 77 heavy (non-hydrogen) atoms. The van der Waals surface area contributed by atoms with E-state index in [0.29, 0.717) is 46.7 Å². The van der Waals surface area contributed by atoms with Crippen LogP contribution in [0.2, 0.25) is 0 Å². The Morgan fingerprint density at radius 2 is 1.60 bits per heavy atom. The number of carbonyl (C=O) groups excluding carboxylic acids is 2. The van der Waals surface area contributed by atoms with E-state index in [-0.39, 0.29) is 60.8 Å². The number of benzene rings is 2. The maximum absolute atomic E-state index is 14.3. The molecule has 5 aliphatic heterocycles. The summed E-state index contributed by atoms with van der Waals surface area (Å²) in [6.07, 6.45) is 15.3. The number of aromatic hydroxyl groups is 1. The minimum Gasteiger partial charge on any atom is -0.507 e. The lowest BCUT2D eigenvalue weighted by Crippen LogP contribution is -2.54. The number of nitrogen functional groups attached to an aromatic ring is 1. The highest BCUT2D eigenvalue weighted by atomic mass is 16.5. The Morgan fingerprint density at radius 3 is 2.31 bits per heavy atom.